The molecule has 0 radical (unpaired) electrons. The molecule has 4 N–H and O–H groups in total. The van der Waals surface area contributed by atoms with Crippen molar-refractivity contribution in [3.63, 3.8) is 0 Å². The number of nitrogens with zero attached hydrogens (tertiary/aromatic N) is 2. The summed E-state index contributed by atoms with van der Waals surface area (Å²) in [5, 5.41) is 10.5. The Morgan fingerprint density at radius 3 is 2.45 bits per heavy atom. The predicted molar refractivity (Wildman–Crippen MR) is 123 cm³/mol. The Balaban J connectivity index is 1.56. The van der Waals surface area contributed by atoms with Crippen LogP contribution in [0.25, 0.3) is 17.7 Å². The third-order valence-electron chi connectivity index (χ3n) is 4.88. The lowest BCUT2D eigenvalue weighted by Crippen LogP contribution is -2.37. The van der Waals surface area contributed by atoms with E-state index in [0.29, 0.717) is 28.9 Å². The quantitative estimate of drug-likeness (QED) is 0.374. The van der Waals surface area contributed by atoms with Gasteiger partial charge in [-0.1, -0.05) is 24.3 Å². The van der Waals surface area contributed by atoms with Gasteiger partial charge in [0, 0.05) is 36.3 Å². The number of benzene rings is 2. The number of amides is 2. The Morgan fingerprint density at radius 1 is 0.970 bits per heavy atom. The molecule has 3 aromatic rings. The molecule has 1 aromatic heterocycles. The zero-order chi connectivity index (χ0) is 23.4. The van der Waals surface area contributed by atoms with Crippen molar-refractivity contribution in [1.82, 2.24) is 20.6 Å². The maximum absolute atomic E-state index is 12.5. The van der Waals surface area contributed by atoms with E-state index in [0.717, 1.165) is 11.1 Å². The number of primary sulfonamides is 1. The highest BCUT2D eigenvalue weighted by Crippen LogP contribution is 2.25. The van der Waals surface area contributed by atoms with E-state index in [-0.39, 0.29) is 4.90 Å². The van der Waals surface area contributed by atoms with Crippen molar-refractivity contribution in [2.24, 2.45) is 5.14 Å². The molecule has 0 aliphatic carbocycles. The lowest BCUT2D eigenvalue weighted by Gasteiger charge is -2.19. The third kappa shape index (κ3) is 5.20. The maximum Gasteiger partial charge on any atom is 0.260 e. The minimum absolute atomic E-state index is 0.0192. The first-order valence-corrected chi connectivity index (χ1v) is 11.4. The number of nitrogens with one attached hydrogen (secondary N) is 2. The summed E-state index contributed by atoms with van der Waals surface area (Å²) < 4.78 is 22.7. The summed E-state index contributed by atoms with van der Waals surface area (Å²) in [6, 6.07) is 11.3. The minimum atomic E-state index is -3.76. The molecular weight excluding hydrogens is 442 g/mol. The summed E-state index contributed by atoms with van der Waals surface area (Å²) in [5.41, 5.74) is 3.44. The molecule has 1 aliphatic rings. The zero-order valence-corrected chi connectivity index (χ0v) is 18.0. The van der Waals surface area contributed by atoms with Gasteiger partial charge in [-0.2, -0.15) is 0 Å². The number of imide groups is 1. The van der Waals surface area contributed by atoms with E-state index in [1.165, 1.54) is 18.3 Å². The molecule has 166 valence electrons. The Kier molecular flexibility index (Phi) is 6.11. The fraction of sp³-hybridized carbons (Fsp3) is 0.0435. The molecule has 0 fully saturated rings. The first-order chi connectivity index (χ1) is 15.8. The van der Waals surface area contributed by atoms with Crippen molar-refractivity contribution in [2.75, 3.05) is 0 Å². The van der Waals surface area contributed by atoms with Crippen LogP contribution in [0, 0.1) is 0 Å². The lowest BCUT2D eigenvalue weighted by molar-refractivity contribution is -0.114. The van der Waals surface area contributed by atoms with E-state index < -0.39 is 21.8 Å². The monoisotopic (exact) mass is 461 g/mol. The van der Waals surface area contributed by atoms with Crippen LogP contribution in [0.2, 0.25) is 0 Å². The molecule has 0 spiro atoms. The van der Waals surface area contributed by atoms with Crippen molar-refractivity contribution in [1.29, 1.82) is 0 Å². The molecule has 0 saturated heterocycles. The van der Waals surface area contributed by atoms with Crippen molar-refractivity contribution >= 4 is 39.6 Å². The highest BCUT2D eigenvalue weighted by atomic mass is 32.2. The highest BCUT2D eigenvalue weighted by Gasteiger charge is 2.27. The number of fused-ring (bicyclic) bond motifs is 1. The van der Waals surface area contributed by atoms with Crippen LogP contribution < -0.4 is 15.8 Å². The van der Waals surface area contributed by atoms with E-state index in [1.54, 1.807) is 55.0 Å². The number of aromatic nitrogens is 2. The van der Waals surface area contributed by atoms with E-state index in [9.17, 15) is 18.0 Å². The average molecular weight is 462 g/mol. The topological polar surface area (TPSA) is 144 Å². The normalized spacial score (nSPS) is 14.9. The summed E-state index contributed by atoms with van der Waals surface area (Å²) in [7, 11) is -3.76. The van der Waals surface area contributed by atoms with Gasteiger partial charge in [-0.3, -0.25) is 24.9 Å². The van der Waals surface area contributed by atoms with Gasteiger partial charge in [0.05, 0.1) is 22.4 Å². The Bertz CT molecular complexity index is 1380. The first-order valence-electron chi connectivity index (χ1n) is 9.81. The molecule has 4 rings (SSSR count). The second-order valence-corrected chi connectivity index (χ2v) is 8.74. The van der Waals surface area contributed by atoms with E-state index >= 15 is 0 Å². The Morgan fingerprint density at radius 2 is 1.76 bits per heavy atom. The van der Waals surface area contributed by atoms with Crippen LogP contribution in [0.3, 0.4) is 0 Å². The van der Waals surface area contributed by atoms with Gasteiger partial charge >= 0.3 is 0 Å². The molecular formula is C23H19N5O4S. The molecule has 2 aromatic carbocycles. The van der Waals surface area contributed by atoms with Gasteiger partial charge < -0.3 is 5.32 Å². The van der Waals surface area contributed by atoms with Gasteiger partial charge in [-0.15, -0.1) is 0 Å². The van der Waals surface area contributed by atoms with Crippen molar-refractivity contribution in [2.45, 2.75) is 11.4 Å². The van der Waals surface area contributed by atoms with Crippen LogP contribution in [0.4, 0.5) is 0 Å². The molecule has 0 unspecified atom stereocenters. The zero-order valence-electron chi connectivity index (χ0n) is 17.2. The summed E-state index contributed by atoms with van der Waals surface area (Å²) >= 11 is 0. The van der Waals surface area contributed by atoms with Crippen LogP contribution in [-0.4, -0.2) is 30.2 Å². The fourth-order valence-corrected chi connectivity index (χ4v) is 3.75. The minimum Gasteiger partial charge on any atom is -0.386 e. The van der Waals surface area contributed by atoms with Gasteiger partial charge in [0.1, 0.15) is 0 Å². The molecule has 1 aliphatic heterocycles. The van der Waals surface area contributed by atoms with Gasteiger partial charge in [-0.05, 0) is 41.5 Å². The second-order valence-electron chi connectivity index (χ2n) is 7.18. The molecule has 10 heteroatoms. The summed E-state index contributed by atoms with van der Waals surface area (Å²) in [5.74, 6) is -0.977. The van der Waals surface area contributed by atoms with Crippen molar-refractivity contribution < 1.29 is 18.0 Å². The van der Waals surface area contributed by atoms with Gasteiger partial charge in [0.2, 0.25) is 10.0 Å². The van der Waals surface area contributed by atoms with Crippen LogP contribution in [0.1, 0.15) is 32.7 Å². The fourth-order valence-electron chi connectivity index (χ4n) is 3.24. The molecule has 2 heterocycles. The Hall–Kier alpha value is -4.15. The van der Waals surface area contributed by atoms with Crippen LogP contribution >= 0.6 is 0 Å². The first kappa shape index (κ1) is 22.1. The number of sulfonamides is 1. The van der Waals surface area contributed by atoms with Gasteiger partial charge in [-0.25, -0.2) is 13.6 Å². The van der Waals surface area contributed by atoms with Crippen molar-refractivity contribution in [3.05, 3.63) is 95.2 Å². The predicted octanol–water partition coefficient (Wildman–Crippen LogP) is 1.70. The molecule has 9 nitrogen and oxygen atoms in total. The number of nitrogens with two attached hydrogens (primary N) is 1. The molecule has 0 atom stereocenters. The van der Waals surface area contributed by atoms with E-state index in [1.807, 2.05) is 6.08 Å². The smallest absolute Gasteiger partial charge is 0.260 e. The third-order valence-corrected chi connectivity index (χ3v) is 5.81. The molecule has 0 bridgehead atoms. The van der Waals surface area contributed by atoms with E-state index in [2.05, 4.69) is 20.6 Å². The SMILES string of the molecule is NS(=O)(=O)c1ccc(CN/C=C2\C(=O)NC(=O)c3ccc(/C=C/c4cnccn4)cc32)cc1. The lowest BCUT2D eigenvalue weighted by atomic mass is 9.93. The number of carbonyl (C=O) groups excluding carboxylic acids is 2. The van der Waals surface area contributed by atoms with Gasteiger partial charge in [0.25, 0.3) is 11.8 Å². The van der Waals surface area contributed by atoms with E-state index in [4.69, 9.17) is 5.14 Å². The summed E-state index contributed by atoms with van der Waals surface area (Å²) in [6.07, 6.45) is 9.93. The molecule has 2 amide bonds. The summed E-state index contributed by atoms with van der Waals surface area (Å²) in [6.45, 7) is 0.331. The largest absolute Gasteiger partial charge is 0.386 e. The highest BCUT2D eigenvalue weighted by molar-refractivity contribution is 7.89. The molecule has 0 saturated carbocycles. The van der Waals surface area contributed by atoms with Crippen LogP contribution in [-0.2, 0) is 21.4 Å². The standard InChI is InChI=1S/C23H19N5O4S/c24-33(31,32)18-6-2-16(3-7-18)12-26-14-21-20-11-15(1-5-17-13-25-9-10-27-17)4-8-19(20)22(29)28-23(21)30/h1-11,13-14,26H,12H2,(H2,24,31,32)(H,28,29,30)/b5-1+,21-14-. The number of hydrogen-bond acceptors (Lipinski definition) is 7. The van der Waals surface area contributed by atoms with Gasteiger partial charge in [0.15, 0.2) is 0 Å². The number of hydrogen-bond donors (Lipinski definition) is 3. The second kappa shape index (κ2) is 9.15. The summed E-state index contributed by atoms with van der Waals surface area (Å²) in [4.78, 5) is 33.0. The van der Waals surface area contributed by atoms with Crippen LogP contribution in [0.5, 0.6) is 0 Å². The molecule has 33 heavy (non-hydrogen) atoms. The maximum atomic E-state index is 12.5. The number of rotatable bonds is 6. The van der Waals surface area contributed by atoms with Crippen LogP contribution in [0.15, 0.2) is 72.2 Å². The average Bonchev–Trinajstić information content (AvgIpc) is 2.80. The Labute approximate surface area is 190 Å². The number of carbonyl (C=O) groups is 2. The van der Waals surface area contributed by atoms with Crippen molar-refractivity contribution in [3.8, 4) is 0 Å².